The first-order valence-electron chi connectivity index (χ1n) is 8.61. The van der Waals surface area contributed by atoms with Crippen LogP contribution in [0.5, 0.6) is 0 Å². The maximum atomic E-state index is 13.1. The predicted octanol–water partition coefficient (Wildman–Crippen LogP) is 2.25. The molecule has 0 bridgehead atoms. The molecule has 3 rings (SSSR count). The highest BCUT2D eigenvalue weighted by Gasteiger charge is 2.34. The lowest BCUT2D eigenvalue weighted by Crippen LogP contribution is -2.51. The third-order valence-corrected chi connectivity index (χ3v) is 4.44. The number of rotatable bonds is 5. The van der Waals surface area contributed by atoms with Crippen molar-refractivity contribution in [2.24, 2.45) is 0 Å². The van der Waals surface area contributed by atoms with Crippen molar-refractivity contribution < 1.29 is 23.8 Å². The summed E-state index contributed by atoms with van der Waals surface area (Å²) in [4.78, 5) is 25.0. The lowest BCUT2D eigenvalue weighted by molar-refractivity contribution is -0.155. The largest absolute Gasteiger partial charge is 0.386 e. The third kappa shape index (κ3) is 4.69. The number of benzene rings is 2. The molecule has 2 amide bonds. The number of nitrogens with one attached hydrogen (secondary N) is 1. The Hall–Kier alpha value is -2.77. The molecule has 2 N–H and O–H groups in total. The molecule has 0 saturated carbocycles. The number of carbonyl (C=O) groups excluding carboxylic acids is 2. The van der Waals surface area contributed by atoms with Gasteiger partial charge in [-0.15, -0.1) is 0 Å². The number of carbonyl (C=O) groups is 2. The Morgan fingerprint density at radius 1 is 1.26 bits per heavy atom. The molecular weight excluding hydrogens is 351 g/mol. The van der Waals surface area contributed by atoms with E-state index in [4.69, 9.17) is 4.74 Å². The lowest BCUT2D eigenvalue weighted by Gasteiger charge is -2.38. The summed E-state index contributed by atoms with van der Waals surface area (Å²) in [6.45, 7) is 1.82. The number of ether oxygens (including phenoxy) is 1. The van der Waals surface area contributed by atoms with Crippen LogP contribution in [0.1, 0.15) is 24.2 Å². The van der Waals surface area contributed by atoms with Crippen molar-refractivity contribution >= 4 is 17.5 Å². The fourth-order valence-corrected chi connectivity index (χ4v) is 3.07. The Kier molecular flexibility index (Phi) is 5.83. The monoisotopic (exact) mass is 372 g/mol. The molecule has 7 heteroatoms. The summed E-state index contributed by atoms with van der Waals surface area (Å²) in [5, 5.41) is 13.5. The highest BCUT2D eigenvalue weighted by atomic mass is 19.1. The number of halogens is 1. The molecule has 0 aromatic heterocycles. The van der Waals surface area contributed by atoms with E-state index >= 15 is 0 Å². The van der Waals surface area contributed by atoms with Crippen LogP contribution in [-0.2, 0) is 20.9 Å². The minimum Gasteiger partial charge on any atom is -0.386 e. The third-order valence-electron chi connectivity index (χ3n) is 4.44. The smallest absolute Gasteiger partial charge is 0.249 e. The van der Waals surface area contributed by atoms with E-state index in [1.54, 1.807) is 41.3 Å². The first kappa shape index (κ1) is 19.0. The standard InChI is InChI=1S/C20H21FN2O4/c1-13(24)22-17-8-4-15(5-9-17)20(26)18-11-27-12-19(25)23(18)10-14-2-6-16(21)7-3-14/h2-9,18,20,26H,10-12H2,1H3,(H,22,24). The predicted molar refractivity (Wildman–Crippen MR) is 97.3 cm³/mol. The number of anilines is 1. The van der Waals surface area contributed by atoms with Crippen LogP contribution in [0.3, 0.4) is 0 Å². The molecule has 2 atom stereocenters. The van der Waals surface area contributed by atoms with Crippen LogP contribution >= 0.6 is 0 Å². The van der Waals surface area contributed by atoms with Crippen LogP contribution in [-0.4, -0.2) is 41.1 Å². The van der Waals surface area contributed by atoms with Gasteiger partial charge in [-0.1, -0.05) is 24.3 Å². The molecule has 1 aliphatic heterocycles. The Morgan fingerprint density at radius 2 is 1.93 bits per heavy atom. The first-order valence-corrected chi connectivity index (χ1v) is 8.61. The fourth-order valence-electron chi connectivity index (χ4n) is 3.07. The van der Waals surface area contributed by atoms with Gasteiger partial charge in [0, 0.05) is 19.2 Å². The zero-order chi connectivity index (χ0) is 19.4. The van der Waals surface area contributed by atoms with Gasteiger partial charge in [0.2, 0.25) is 11.8 Å². The Balaban J connectivity index is 1.77. The van der Waals surface area contributed by atoms with Gasteiger partial charge in [-0.2, -0.15) is 0 Å². The second-order valence-corrected chi connectivity index (χ2v) is 6.48. The van der Waals surface area contributed by atoms with Crippen molar-refractivity contribution in [3.05, 3.63) is 65.5 Å². The molecule has 2 aromatic carbocycles. The molecular formula is C20H21FN2O4. The van der Waals surface area contributed by atoms with Crippen LogP contribution in [0.4, 0.5) is 10.1 Å². The van der Waals surface area contributed by atoms with Crippen LogP contribution in [0.15, 0.2) is 48.5 Å². The molecule has 1 heterocycles. The van der Waals surface area contributed by atoms with Gasteiger partial charge in [0.05, 0.1) is 12.6 Å². The number of hydrogen-bond acceptors (Lipinski definition) is 4. The molecule has 6 nitrogen and oxygen atoms in total. The summed E-state index contributed by atoms with van der Waals surface area (Å²) < 4.78 is 18.4. The molecule has 27 heavy (non-hydrogen) atoms. The van der Waals surface area contributed by atoms with E-state index in [0.717, 1.165) is 5.56 Å². The van der Waals surface area contributed by atoms with E-state index in [2.05, 4.69) is 5.32 Å². The molecule has 0 radical (unpaired) electrons. The number of morpholine rings is 1. The number of hydrogen-bond donors (Lipinski definition) is 2. The van der Waals surface area contributed by atoms with E-state index in [1.165, 1.54) is 19.1 Å². The normalized spacial score (nSPS) is 18.3. The number of aliphatic hydroxyl groups is 1. The van der Waals surface area contributed by atoms with Crippen molar-refractivity contribution in [3.8, 4) is 0 Å². The van der Waals surface area contributed by atoms with E-state index < -0.39 is 12.1 Å². The van der Waals surface area contributed by atoms with Crippen LogP contribution in [0.2, 0.25) is 0 Å². The van der Waals surface area contributed by atoms with E-state index in [0.29, 0.717) is 11.3 Å². The number of amides is 2. The zero-order valence-electron chi connectivity index (χ0n) is 14.9. The van der Waals surface area contributed by atoms with E-state index in [1.807, 2.05) is 0 Å². The molecule has 0 spiro atoms. The molecule has 1 fully saturated rings. The summed E-state index contributed by atoms with van der Waals surface area (Å²) in [5.41, 5.74) is 2.00. The zero-order valence-corrected chi connectivity index (χ0v) is 14.9. The van der Waals surface area contributed by atoms with Gasteiger partial charge in [0.1, 0.15) is 18.5 Å². The van der Waals surface area contributed by atoms with Gasteiger partial charge < -0.3 is 20.1 Å². The van der Waals surface area contributed by atoms with Gasteiger partial charge in [-0.3, -0.25) is 9.59 Å². The highest BCUT2D eigenvalue weighted by Crippen LogP contribution is 2.26. The van der Waals surface area contributed by atoms with Gasteiger partial charge >= 0.3 is 0 Å². The Bertz CT molecular complexity index is 808. The van der Waals surface area contributed by atoms with Crippen LogP contribution < -0.4 is 5.32 Å². The van der Waals surface area contributed by atoms with Crippen molar-refractivity contribution in [2.45, 2.75) is 25.6 Å². The van der Waals surface area contributed by atoms with Gasteiger partial charge in [-0.25, -0.2) is 4.39 Å². The van der Waals surface area contributed by atoms with Crippen molar-refractivity contribution in [1.82, 2.24) is 4.90 Å². The molecule has 2 aromatic rings. The highest BCUT2D eigenvalue weighted by molar-refractivity contribution is 5.88. The lowest BCUT2D eigenvalue weighted by atomic mass is 9.99. The SMILES string of the molecule is CC(=O)Nc1ccc(C(O)C2COCC(=O)N2Cc2ccc(F)cc2)cc1. The second kappa shape index (κ2) is 8.28. The van der Waals surface area contributed by atoms with Crippen molar-refractivity contribution in [2.75, 3.05) is 18.5 Å². The van der Waals surface area contributed by atoms with Gasteiger partial charge in [0.25, 0.3) is 0 Å². The topological polar surface area (TPSA) is 78.9 Å². The quantitative estimate of drug-likeness (QED) is 0.844. The van der Waals surface area contributed by atoms with E-state index in [-0.39, 0.29) is 37.4 Å². The molecule has 142 valence electrons. The molecule has 1 aliphatic rings. The Morgan fingerprint density at radius 3 is 2.56 bits per heavy atom. The summed E-state index contributed by atoms with van der Waals surface area (Å²) in [7, 11) is 0. The molecule has 1 saturated heterocycles. The van der Waals surface area contributed by atoms with E-state index in [9.17, 15) is 19.1 Å². The summed E-state index contributed by atoms with van der Waals surface area (Å²) in [6, 6.07) is 12.1. The number of nitrogens with zero attached hydrogens (tertiary/aromatic N) is 1. The molecule has 0 aliphatic carbocycles. The van der Waals surface area contributed by atoms with Crippen molar-refractivity contribution in [3.63, 3.8) is 0 Å². The van der Waals surface area contributed by atoms with Gasteiger partial charge in [0.15, 0.2) is 0 Å². The molecule has 2 unspecified atom stereocenters. The minimum absolute atomic E-state index is 0.0497. The average Bonchev–Trinajstić information content (AvgIpc) is 2.65. The summed E-state index contributed by atoms with van der Waals surface area (Å²) in [5.74, 6) is -0.757. The summed E-state index contributed by atoms with van der Waals surface area (Å²) in [6.07, 6.45) is -0.957. The summed E-state index contributed by atoms with van der Waals surface area (Å²) >= 11 is 0. The number of aliphatic hydroxyl groups excluding tert-OH is 1. The van der Waals surface area contributed by atoms with Crippen LogP contribution in [0.25, 0.3) is 0 Å². The maximum Gasteiger partial charge on any atom is 0.249 e. The Labute approximate surface area is 156 Å². The maximum absolute atomic E-state index is 13.1. The minimum atomic E-state index is -0.957. The second-order valence-electron chi connectivity index (χ2n) is 6.48. The first-order chi connectivity index (χ1) is 12.9. The fraction of sp³-hybridized carbons (Fsp3) is 0.300. The van der Waals surface area contributed by atoms with Crippen LogP contribution in [0, 0.1) is 5.82 Å². The van der Waals surface area contributed by atoms with Gasteiger partial charge in [-0.05, 0) is 35.4 Å². The van der Waals surface area contributed by atoms with Crippen molar-refractivity contribution in [1.29, 1.82) is 0 Å². The average molecular weight is 372 g/mol.